The number of hydrogen-bond acceptors (Lipinski definition) is 6. The average Bonchev–Trinajstić information content (AvgIpc) is 3.41. The molecule has 0 bridgehead atoms. The van der Waals surface area contributed by atoms with E-state index >= 15 is 0 Å². The summed E-state index contributed by atoms with van der Waals surface area (Å²) in [4.78, 5) is 38.3. The Hall–Kier alpha value is -3.41. The Morgan fingerprint density at radius 3 is 0.800 bits per heavy atom. The molecule has 0 saturated heterocycles. The van der Waals surface area contributed by atoms with Crippen molar-refractivity contribution < 1.29 is 28.6 Å². The van der Waals surface area contributed by atoms with Gasteiger partial charge in [0.1, 0.15) is 13.2 Å². The third-order valence-electron chi connectivity index (χ3n) is 13.8. The number of allylic oxidation sites excluding steroid dienone is 14. The van der Waals surface area contributed by atoms with E-state index in [2.05, 4.69) is 106 Å². The standard InChI is InChI=1S/C69H120O6/c1-4-7-10-13-16-19-22-25-28-31-34-37-40-43-46-49-52-55-58-61-67(70)73-64-66(75-69(72)63-60-57-54-51-48-45-42-39-36-33-30-27-24-21-18-15-12-9-6-3)65-74-68(71)62-59-56-53-50-47-44-41-38-35-32-29-26-23-20-17-14-11-8-5-2/h16,18-19,21,25-30,34,37,43,46,66H,4-15,17,20,22-24,31-33,35-36,38-42,44-45,47-65H2,1-3H3/b19-16-,21-18-,28-25-,29-26-,30-27-,37-34-,46-43-/t66-/m1/s1. The first-order valence-electron chi connectivity index (χ1n) is 32.1. The predicted molar refractivity (Wildman–Crippen MR) is 325 cm³/mol. The number of carbonyl (C=O) groups is 3. The van der Waals surface area contributed by atoms with Crippen LogP contribution in [0.5, 0.6) is 0 Å². The fourth-order valence-electron chi connectivity index (χ4n) is 8.98. The van der Waals surface area contributed by atoms with Crippen LogP contribution < -0.4 is 0 Å². The van der Waals surface area contributed by atoms with E-state index in [1.807, 2.05) is 0 Å². The summed E-state index contributed by atoms with van der Waals surface area (Å²) in [5.74, 6) is -0.915. The van der Waals surface area contributed by atoms with Gasteiger partial charge in [-0.3, -0.25) is 14.4 Å². The van der Waals surface area contributed by atoms with Crippen molar-refractivity contribution in [3.05, 3.63) is 85.1 Å². The lowest BCUT2D eigenvalue weighted by Gasteiger charge is -2.18. The molecule has 432 valence electrons. The minimum absolute atomic E-state index is 0.0886. The van der Waals surface area contributed by atoms with Crippen LogP contribution in [0.2, 0.25) is 0 Å². The summed E-state index contributed by atoms with van der Waals surface area (Å²) in [6, 6.07) is 0. The number of unbranched alkanes of at least 4 members (excludes halogenated alkanes) is 33. The molecule has 1 atom stereocenters. The van der Waals surface area contributed by atoms with Gasteiger partial charge in [0, 0.05) is 19.3 Å². The highest BCUT2D eigenvalue weighted by atomic mass is 16.6. The molecule has 0 fully saturated rings. The van der Waals surface area contributed by atoms with Crippen LogP contribution in [0.15, 0.2) is 85.1 Å². The van der Waals surface area contributed by atoms with Gasteiger partial charge in [0.2, 0.25) is 0 Å². The molecule has 0 spiro atoms. The summed E-state index contributed by atoms with van der Waals surface area (Å²) in [6.07, 6.45) is 82.9. The minimum Gasteiger partial charge on any atom is -0.462 e. The Morgan fingerprint density at radius 2 is 0.480 bits per heavy atom. The normalized spacial score (nSPS) is 12.6. The van der Waals surface area contributed by atoms with Gasteiger partial charge in [0.25, 0.3) is 0 Å². The third kappa shape index (κ3) is 61.3. The lowest BCUT2D eigenvalue weighted by Crippen LogP contribution is -2.30. The molecule has 0 aromatic heterocycles. The van der Waals surface area contributed by atoms with Crippen molar-refractivity contribution in [1.82, 2.24) is 0 Å². The molecule has 0 rings (SSSR count). The highest BCUT2D eigenvalue weighted by molar-refractivity contribution is 5.71. The smallest absolute Gasteiger partial charge is 0.306 e. The van der Waals surface area contributed by atoms with Crippen molar-refractivity contribution in [2.75, 3.05) is 13.2 Å². The van der Waals surface area contributed by atoms with Gasteiger partial charge in [-0.15, -0.1) is 0 Å². The van der Waals surface area contributed by atoms with Crippen molar-refractivity contribution in [2.45, 2.75) is 322 Å². The monoisotopic (exact) mass is 1040 g/mol. The van der Waals surface area contributed by atoms with Crippen LogP contribution in [0, 0.1) is 0 Å². The molecule has 6 nitrogen and oxygen atoms in total. The van der Waals surface area contributed by atoms with Gasteiger partial charge < -0.3 is 14.2 Å². The zero-order valence-corrected chi connectivity index (χ0v) is 49.6. The molecule has 0 aliphatic heterocycles. The number of esters is 3. The van der Waals surface area contributed by atoms with Crippen LogP contribution in [0.1, 0.15) is 316 Å². The second-order valence-electron chi connectivity index (χ2n) is 21.3. The SMILES string of the molecule is CCCCC/C=C\C/C=C\C/C=C\C/C=C\CCCCCC(=O)OC[C@H](COC(=O)CCCCCCCCCCC/C=C\CCCCCCCC)OC(=O)CCCCCCCCCCC/C=C\C/C=C\CCCCC. The molecular weight excluding hydrogens is 925 g/mol. The summed E-state index contributed by atoms with van der Waals surface area (Å²) >= 11 is 0. The molecule has 6 heteroatoms. The maximum Gasteiger partial charge on any atom is 0.306 e. The summed E-state index contributed by atoms with van der Waals surface area (Å²) in [6.45, 7) is 6.58. The molecule has 0 unspecified atom stereocenters. The molecule has 0 radical (unpaired) electrons. The molecular formula is C69H120O6. The van der Waals surface area contributed by atoms with E-state index < -0.39 is 6.10 Å². The summed E-state index contributed by atoms with van der Waals surface area (Å²) in [5, 5.41) is 0. The largest absolute Gasteiger partial charge is 0.462 e. The molecule has 0 aliphatic rings. The predicted octanol–water partition coefficient (Wildman–Crippen LogP) is 21.9. The van der Waals surface area contributed by atoms with E-state index in [-0.39, 0.29) is 31.1 Å². The fraction of sp³-hybridized carbons (Fsp3) is 0.754. The average molecular weight is 1050 g/mol. The van der Waals surface area contributed by atoms with E-state index in [0.29, 0.717) is 19.3 Å². The van der Waals surface area contributed by atoms with Gasteiger partial charge in [0.15, 0.2) is 6.10 Å². The van der Waals surface area contributed by atoms with E-state index in [1.165, 1.54) is 186 Å². The van der Waals surface area contributed by atoms with Crippen LogP contribution in [0.25, 0.3) is 0 Å². The highest BCUT2D eigenvalue weighted by Gasteiger charge is 2.19. The zero-order chi connectivity index (χ0) is 54.3. The van der Waals surface area contributed by atoms with Crippen LogP contribution in [-0.4, -0.2) is 37.2 Å². The van der Waals surface area contributed by atoms with Crippen LogP contribution in [-0.2, 0) is 28.6 Å². The molecule has 0 aromatic rings. The van der Waals surface area contributed by atoms with Crippen LogP contribution in [0.3, 0.4) is 0 Å². The number of hydrogen-bond donors (Lipinski definition) is 0. The van der Waals surface area contributed by atoms with Crippen molar-refractivity contribution in [3.63, 3.8) is 0 Å². The maximum absolute atomic E-state index is 12.9. The Bertz CT molecular complexity index is 1430. The fourth-order valence-corrected chi connectivity index (χ4v) is 8.98. The van der Waals surface area contributed by atoms with E-state index in [9.17, 15) is 14.4 Å². The van der Waals surface area contributed by atoms with Crippen molar-refractivity contribution in [3.8, 4) is 0 Å². The lowest BCUT2D eigenvalue weighted by atomic mass is 10.1. The number of ether oxygens (including phenoxy) is 3. The molecule has 0 aromatic carbocycles. The topological polar surface area (TPSA) is 78.9 Å². The van der Waals surface area contributed by atoms with Crippen LogP contribution in [0.4, 0.5) is 0 Å². The Balaban J connectivity index is 4.44. The lowest BCUT2D eigenvalue weighted by molar-refractivity contribution is -0.167. The third-order valence-corrected chi connectivity index (χ3v) is 13.8. The van der Waals surface area contributed by atoms with Gasteiger partial charge in [-0.2, -0.15) is 0 Å². The minimum atomic E-state index is -0.795. The first-order valence-corrected chi connectivity index (χ1v) is 32.1. The van der Waals surface area contributed by atoms with Gasteiger partial charge in [-0.1, -0.05) is 260 Å². The van der Waals surface area contributed by atoms with E-state index in [4.69, 9.17) is 14.2 Å². The van der Waals surface area contributed by atoms with Gasteiger partial charge in [-0.25, -0.2) is 0 Å². The zero-order valence-electron chi connectivity index (χ0n) is 49.6. The van der Waals surface area contributed by atoms with Gasteiger partial charge in [-0.05, 0) is 122 Å². The first kappa shape index (κ1) is 71.6. The molecule has 0 amide bonds. The first-order chi connectivity index (χ1) is 37.0. The van der Waals surface area contributed by atoms with Crippen LogP contribution >= 0.6 is 0 Å². The quantitative estimate of drug-likeness (QED) is 0.0261. The number of carbonyl (C=O) groups excluding carboxylic acids is 3. The summed E-state index contributed by atoms with van der Waals surface area (Å²) in [5.41, 5.74) is 0. The molecule has 0 N–H and O–H groups in total. The van der Waals surface area contributed by atoms with Gasteiger partial charge >= 0.3 is 17.9 Å². The summed E-state index contributed by atoms with van der Waals surface area (Å²) < 4.78 is 16.9. The van der Waals surface area contributed by atoms with E-state index in [1.54, 1.807) is 0 Å². The molecule has 75 heavy (non-hydrogen) atoms. The van der Waals surface area contributed by atoms with Crippen molar-refractivity contribution >= 4 is 17.9 Å². The summed E-state index contributed by atoms with van der Waals surface area (Å²) in [7, 11) is 0. The number of rotatable bonds is 58. The van der Waals surface area contributed by atoms with Crippen molar-refractivity contribution in [2.24, 2.45) is 0 Å². The Morgan fingerprint density at radius 1 is 0.267 bits per heavy atom. The highest BCUT2D eigenvalue weighted by Crippen LogP contribution is 2.16. The van der Waals surface area contributed by atoms with E-state index in [0.717, 1.165) is 89.9 Å². The maximum atomic E-state index is 12.9. The Kier molecular flexibility index (Phi) is 60.3. The molecule has 0 heterocycles. The van der Waals surface area contributed by atoms with Crippen molar-refractivity contribution in [1.29, 1.82) is 0 Å². The molecule has 0 aliphatic carbocycles. The Labute approximate surface area is 465 Å². The second-order valence-corrected chi connectivity index (χ2v) is 21.3. The van der Waals surface area contributed by atoms with Gasteiger partial charge in [0.05, 0.1) is 0 Å². The molecule has 0 saturated carbocycles. The second kappa shape index (κ2) is 63.1.